The average molecular weight is 420 g/mol. The number of benzene rings is 2. The first kappa shape index (κ1) is 21.0. The number of para-hydroxylation sites is 1. The zero-order valence-corrected chi connectivity index (χ0v) is 18.3. The summed E-state index contributed by atoms with van der Waals surface area (Å²) in [6.45, 7) is 6.08. The highest BCUT2D eigenvalue weighted by atomic mass is 16.2. The molecule has 7 heteroatoms. The molecule has 1 fully saturated rings. The van der Waals surface area contributed by atoms with E-state index in [1.54, 1.807) is 9.58 Å². The molecular weight excluding hydrogens is 390 g/mol. The van der Waals surface area contributed by atoms with Gasteiger partial charge >= 0.3 is 0 Å². The van der Waals surface area contributed by atoms with Gasteiger partial charge in [-0.25, -0.2) is 4.68 Å². The number of hydrogen-bond acceptors (Lipinski definition) is 4. The number of nitrogens with one attached hydrogen (secondary N) is 1. The van der Waals surface area contributed by atoms with Gasteiger partial charge in [-0.2, -0.15) is 0 Å². The lowest BCUT2D eigenvalue weighted by atomic mass is 9.98. The van der Waals surface area contributed by atoms with E-state index in [9.17, 15) is 9.59 Å². The summed E-state index contributed by atoms with van der Waals surface area (Å²) in [7, 11) is 0. The van der Waals surface area contributed by atoms with Gasteiger partial charge in [0, 0.05) is 11.6 Å². The minimum atomic E-state index is -0.679. The van der Waals surface area contributed by atoms with E-state index in [0.717, 1.165) is 35.9 Å². The summed E-state index contributed by atoms with van der Waals surface area (Å²) in [6.07, 6.45) is 2.60. The Kier molecular flexibility index (Phi) is 5.76. The second kappa shape index (κ2) is 8.49. The molecule has 1 aromatic heterocycles. The zero-order valence-electron chi connectivity index (χ0n) is 18.3. The third-order valence-electron chi connectivity index (χ3n) is 5.92. The molecule has 3 aromatic rings. The maximum Gasteiger partial charge on any atom is 0.247 e. The summed E-state index contributed by atoms with van der Waals surface area (Å²) in [6, 6.07) is 16.5. The molecule has 162 valence electrons. The van der Waals surface area contributed by atoms with E-state index in [1.807, 2.05) is 75.4 Å². The number of hydrogen-bond donors (Lipinski definition) is 1. The minimum absolute atomic E-state index is 0.0464. The van der Waals surface area contributed by atoms with Gasteiger partial charge in [0.05, 0.1) is 5.52 Å². The second-order valence-corrected chi connectivity index (χ2v) is 8.81. The number of nitrogens with zero attached hydrogens (tertiary/aromatic N) is 4. The topological polar surface area (TPSA) is 80.1 Å². The number of aromatic nitrogens is 3. The van der Waals surface area contributed by atoms with Gasteiger partial charge in [0.2, 0.25) is 11.8 Å². The van der Waals surface area contributed by atoms with Crippen molar-refractivity contribution in [1.82, 2.24) is 25.2 Å². The van der Waals surface area contributed by atoms with Crippen LogP contribution in [-0.2, 0) is 16.1 Å². The lowest BCUT2D eigenvalue weighted by molar-refractivity contribution is -0.143. The number of carbonyl (C=O) groups excluding carboxylic acids is 2. The third-order valence-corrected chi connectivity index (χ3v) is 5.92. The molecular formula is C24H29N5O2. The fourth-order valence-corrected chi connectivity index (χ4v) is 3.72. The molecule has 1 unspecified atom stereocenters. The summed E-state index contributed by atoms with van der Waals surface area (Å²) >= 11 is 0. The van der Waals surface area contributed by atoms with Crippen LogP contribution in [0.25, 0.3) is 11.0 Å². The zero-order chi connectivity index (χ0) is 22.0. The van der Waals surface area contributed by atoms with Crippen LogP contribution < -0.4 is 5.32 Å². The molecule has 1 heterocycles. The van der Waals surface area contributed by atoms with Crippen LogP contribution in [0.2, 0.25) is 0 Å². The van der Waals surface area contributed by atoms with Crippen molar-refractivity contribution in [2.24, 2.45) is 0 Å². The number of amides is 2. The predicted octanol–water partition coefficient (Wildman–Crippen LogP) is 3.47. The van der Waals surface area contributed by atoms with Gasteiger partial charge in [0.15, 0.2) is 0 Å². The van der Waals surface area contributed by atoms with Crippen LogP contribution in [-0.4, -0.2) is 43.3 Å². The van der Waals surface area contributed by atoms with Crippen LogP contribution >= 0.6 is 0 Å². The Bertz CT molecular complexity index is 1070. The Hall–Kier alpha value is -3.22. The first-order valence-electron chi connectivity index (χ1n) is 10.9. The van der Waals surface area contributed by atoms with Crippen molar-refractivity contribution in [3.05, 3.63) is 60.2 Å². The molecule has 0 spiro atoms. The van der Waals surface area contributed by atoms with Crippen LogP contribution in [0.15, 0.2) is 54.6 Å². The summed E-state index contributed by atoms with van der Waals surface area (Å²) in [5.74, 6) is -0.279. The number of carbonyl (C=O) groups is 2. The Morgan fingerprint density at radius 2 is 1.81 bits per heavy atom. The van der Waals surface area contributed by atoms with Crippen LogP contribution in [0.5, 0.6) is 0 Å². The van der Waals surface area contributed by atoms with Crippen LogP contribution in [0, 0.1) is 0 Å². The smallest absolute Gasteiger partial charge is 0.247 e. The molecule has 2 amide bonds. The van der Waals surface area contributed by atoms with Crippen LogP contribution in [0.4, 0.5) is 0 Å². The van der Waals surface area contributed by atoms with E-state index in [1.165, 1.54) is 0 Å². The van der Waals surface area contributed by atoms with E-state index < -0.39 is 6.04 Å². The molecule has 7 nitrogen and oxygen atoms in total. The summed E-state index contributed by atoms with van der Waals surface area (Å²) in [5.41, 5.74) is 2.01. The maximum atomic E-state index is 13.5. The Balaban J connectivity index is 1.66. The van der Waals surface area contributed by atoms with Crippen LogP contribution in [0.1, 0.15) is 51.6 Å². The second-order valence-electron chi connectivity index (χ2n) is 8.81. The molecule has 1 saturated carbocycles. The van der Waals surface area contributed by atoms with Crippen molar-refractivity contribution in [3.8, 4) is 0 Å². The lowest BCUT2D eigenvalue weighted by Gasteiger charge is -2.34. The van der Waals surface area contributed by atoms with E-state index in [4.69, 9.17) is 0 Å². The van der Waals surface area contributed by atoms with Crippen molar-refractivity contribution in [1.29, 1.82) is 0 Å². The van der Waals surface area contributed by atoms with E-state index >= 15 is 0 Å². The highest BCUT2D eigenvalue weighted by molar-refractivity contribution is 5.90. The van der Waals surface area contributed by atoms with Gasteiger partial charge in [-0.05, 0) is 50.8 Å². The van der Waals surface area contributed by atoms with Crippen molar-refractivity contribution in [2.45, 2.75) is 64.2 Å². The Labute approximate surface area is 182 Å². The molecule has 31 heavy (non-hydrogen) atoms. The molecule has 0 saturated heterocycles. The van der Waals surface area contributed by atoms with Gasteiger partial charge in [-0.15, -0.1) is 5.10 Å². The van der Waals surface area contributed by atoms with Crippen molar-refractivity contribution in [3.63, 3.8) is 0 Å². The first-order chi connectivity index (χ1) is 14.9. The molecule has 1 N–H and O–H groups in total. The van der Waals surface area contributed by atoms with Crippen LogP contribution in [0.3, 0.4) is 0 Å². The SMILES string of the molecule is CCC(C)(C)NC(=O)C(c1ccccc1)N(C(=O)Cn1nnc2ccccc21)C1CC1. The fraction of sp³-hybridized carbons (Fsp3) is 0.417. The fourth-order valence-electron chi connectivity index (χ4n) is 3.72. The monoisotopic (exact) mass is 419 g/mol. The molecule has 1 atom stereocenters. The molecule has 1 aliphatic carbocycles. The van der Waals surface area contributed by atoms with E-state index in [-0.39, 0.29) is 29.9 Å². The third kappa shape index (κ3) is 4.60. The molecule has 0 radical (unpaired) electrons. The molecule has 1 aliphatic rings. The normalized spacial score (nSPS) is 14.9. The average Bonchev–Trinajstić information content (AvgIpc) is 3.52. The standard InChI is InChI=1S/C24H29N5O2/c1-4-24(2,3)25-23(31)22(17-10-6-5-7-11-17)29(18-14-15-18)21(30)16-28-20-13-9-8-12-19(20)26-27-28/h5-13,18,22H,4,14-16H2,1-3H3,(H,25,31). The van der Waals surface area contributed by atoms with Gasteiger partial charge < -0.3 is 10.2 Å². The minimum Gasteiger partial charge on any atom is -0.349 e. The first-order valence-corrected chi connectivity index (χ1v) is 10.9. The van der Waals surface area contributed by atoms with Gasteiger partial charge in [0.1, 0.15) is 18.1 Å². The molecule has 0 bridgehead atoms. The molecule has 4 rings (SSSR count). The Morgan fingerprint density at radius 1 is 1.13 bits per heavy atom. The molecule has 0 aliphatic heterocycles. The summed E-state index contributed by atoms with van der Waals surface area (Å²) in [4.78, 5) is 28.8. The number of rotatable bonds is 8. The largest absolute Gasteiger partial charge is 0.349 e. The van der Waals surface area contributed by atoms with Gasteiger partial charge in [-0.3, -0.25) is 9.59 Å². The van der Waals surface area contributed by atoms with Gasteiger partial charge in [-0.1, -0.05) is 54.6 Å². The van der Waals surface area contributed by atoms with Crippen molar-refractivity contribution >= 4 is 22.8 Å². The highest BCUT2D eigenvalue weighted by Gasteiger charge is 2.42. The molecule has 2 aromatic carbocycles. The highest BCUT2D eigenvalue weighted by Crippen LogP contribution is 2.35. The van der Waals surface area contributed by atoms with Crippen molar-refractivity contribution < 1.29 is 9.59 Å². The Morgan fingerprint density at radius 3 is 2.48 bits per heavy atom. The maximum absolute atomic E-state index is 13.5. The van der Waals surface area contributed by atoms with E-state index in [2.05, 4.69) is 15.6 Å². The summed E-state index contributed by atoms with van der Waals surface area (Å²) < 4.78 is 1.61. The van der Waals surface area contributed by atoms with E-state index in [0.29, 0.717) is 0 Å². The number of fused-ring (bicyclic) bond motifs is 1. The van der Waals surface area contributed by atoms with Gasteiger partial charge in [0.25, 0.3) is 0 Å². The summed E-state index contributed by atoms with van der Waals surface area (Å²) in [5, 5.41) is 11.5. The van der Waals surface area contributed by atoms with Crippen molar-refractivity contribution in [2.75, 3.05) is 0 Å². The lowest BCUT2D eigenvalue weighted by Crippen LogP contribution is -2.51. The quantitative estimate of drug-likeness (QED) is 0.606. The predicted molar refractivity (Wildman–Crippen MR) is 119 cm³/mol.